The molecule has 1 aromatic heterocycles. The number of hydrogen-bond acceptors (Lipinski definition) is 5. The lowest BCUT2D eigenvalue weighted by molar-refractivity contribution is 0.104. The number of nitrogens with zero attached hydrogens (tertiary/aromatic N) is 1. The third-order valence-corrected chi connectivity index (χ3v) is 4.29. The number of carbonyl (C=O) groups excluding carboxylic acids is 1. The zero-order valence-electron chi connectivity index (χ0n) is 14.7. The Bertz CT molecular complexity index is 826. The minimum absolute atomic E-state index is 0.111. The van der Waals surface area contributed by atoms with Gasteiger partial charge in [-0.05, 0) is 50.1 Å². The first-order valence-electron chi connectivity index (χ1n) is 8.19. The maximum Gasteiger partial charge on any atom is 0.189 e. The zero-order chi connectivity index (χ0) is 18.0. The molecule has 0 atom stereocenters. The zero-order valence-corrected chi connectivity index (χ0v) is 14.7. The van der Waals surface area contributed by atoms with E-state index >= 15 is 0 Å². The van der Waals surface area contributed by atoms with Gasteiger partial charge in [0.2, 0.25) is 0 Å². The fourth-order valence-corrected chi connectivity index (χ4v) is 3.17. The van der Waals surface area contributed by atoms with Crippen LogP contribution in [0.1, 0.15) is 40.9 Å². The van der Waals surface area contributed by atoms with Gasteiger partial charge >= 0.3 is 0 Å². The molecule has 25 heavy (non-hydrogen) atoms. The van der Waals surface area contributed by atoms with Gasteiger partial charge in [0.1, 0.15) is 5.75 Å². The molecule has 0 fully saturated rings. The number of aliphatic hydroxyl groups excluding tert-OH is 1. The Hall–Kier alpha value is -2.66. The summed E-state index contributed by atoms with van der Waals surface area (Å²) < 4.78 is 5.38. The molecule has 0 spiro atoms. The number of carbonyl (C=O) groups is 1. The number of methoxy groups -OCH3 is 1. The minimum atomic E-state index is -0.195. The van der Waals surface area contributed by atoms with Crippen LogP contribution in [0.3, 0.4) is 0 Å². The molecule has 1 aromatic carbocycles. The van der Waals surface area contributed by atoms with Gasteiger partial charge in [0.15, 0.2) is 5.78 Å². The molecule has 1 aliphatic heterocycles. The van der Waals surface area contributed by atoms with Crippen molar-refractivity contribution in [1.29, 1.82) is 0 Å². The van der Waals surface area contributed by atoms with Gasteiger partial charge in [-0.1, -0.05) is 0 Å². The second-order valence-electron chi connectivity index (χ2n) is 6.83. The van der Waals surface area contributed by atoms with E-state index in [1.54, 1.807) is 37.7 Å². The van der Waals surface area contributed by atoms with Crippen LogP contribution in [0.15, 0.2) is 42.7 Å². The Morgan fingerprint density at radius 1 is 1.44 bits per heavy atom. The van der Waals surface area contributed by atoms with Crippen LogP contribution in [0.2, 0.25) is 0 Å². The van der Waals surface area contributed by atoms with Crippen LogP contribution >= 0.6 is 0 Å². The Balaban J connectivity index is 2.09. The van der Waals surface area contributed by atoms with Crippen LogP contribution < -0.4 is 10.1 Å². The first kappa shape index (κ1) is 17.2. The highest BCUT2D eigenvalue weighted by Crippen LogP contribution is 2.34. The highest BCUT2D eigenvalue weighted by atomic mass is 16.5. The van der Waals surface area contributed by atoms with Crippen LogP contribution in [0.5, 0.6) is 5.75 Å². The van der Waals surface area contributed by atoms with Crippen molar-refractivity contribution in [3.63, 3.8) is 0 Å². The molecule has 0 radical (unpaired) electrons. The van der Waals surface area contributed by atoms with Crippen molar-refractivity contribution in [3.8, 4) is 5.75 Å². The molecule has 3 rings (SSSR count). The van der Waals surface area contributed by atoms with Crippen LogP contribution in [-0.4, -0.2) is 28.5 Å². The number of pyridine rings is 1. The van der Waals surface area contributed by atoms with E-state index in [-0.39, 0.29) is 17.9 Å². The van der Waals surface area contributed by atoms with E-state index in [1.165, 1.54) is 0 Å². The van der Waals surface area contributed by atoms with E-state index in [0.717, 1.165) is 23.2 Å². The van der Waals surface area contributed by atoms with Gasteiger partial charge in [0.05, 0.1) is 13.7 Å². The first-order valence-corrected chi connectivity index (χ1v) is 8.19. The fourth-order valence-electron chi connectivity index (χ4n) is 3.17. The Labute approximate surface area is 147 Å². The predicted molar refractivity (Wildman–Crippen MR) is 96.4 cm³/mol. The van der Waals surface area contributed by atoms with E-state index in [2.05, 4.69) is 24.1 Å². The molecule has 0 bridgehead atoms. The molecule has 0 saturated heterocycles. The Morgan fingerprint density at radius 3 is 2.88 bits per heavy atom. The normalized spacial score (nSPS) is 16.9. The Morgan fingerprint density at radius 2 is 2.24 bits per heavy atom. The molecule has 130 valence electrons. The lowest BCUT2D eigenvalue weighted by Crippen LogP contribution is -2.44. The number of fused-ring (bicyclic) bond motifs is 1. The molecule has 1 aliphatic rings. The SMILES string of the molecule is COc1cc2c(cc1CO)C(=CC(=O)c1cccnc1)NC(C)(C)C2. The second kappa shape index (κ2) is 6.69. The van der Waals surface area contributed by atoms with Crippen LogP contribution in [-0.2, 0) is 13.0 Å². The van der Waals surface area contributed by atoms with E-state index in [9.17, 15) is 9.90 Å². The molecule has 0 aliphatic carbocycles. The number of ketones is 1. The summed E-state index contributed by atoms with van der Waals surface area (Å²) in [4.78, 5) is 16.6. The smallest absolute Gasteiger partial charge is 0.189 e. The lowest BCUT2D eigenvalue weighted by Gasteiger charge is -2.36. The van der Waals surface area contributed by atoms with Crippen molar-refractivity contribution in [2.45, 2.75) is 32.4 Å². The number of ether oxygens (including phenoxy) is 1. The van der Waals surface area contributed by atoms with Gasteiger partial charge in [-0.15, -0.1) is 0 Å². The number of aromatic nitrogens is 1. The van der Waals surface area contributed by atoms with Crippen molar-refractivity contribution in [3.05, 3.63) is 65.0 Å². The molecular formula is C20H22N2O3. The third-order valence-electron chi connectivity index (χ3n) is 4.29. The molecule has 5 nitrogen and oxygen atoms in total. The number of rotatable bonds is 4. The third kappa shape index (κ3) is 3.56. The van der Waals surface area contributed by atoms with Crippen LogP contribution in [0, 0.1) is 0 Å². The summed E-state index contributed by atoms with van der Waals surface area (Å²) in [5, 5.41) is 13.0. The van der Waals surface area contributed by atoms with Crippen molar-refractivity contribution in [1.82, 2.24) is 10.3 Å². The molecule has 5 heteroatoms. The number of aliphatic hydroxyl groups is 1. The van der Waals surface area contributed by atoms with E-state index in [1.807, 2.05) is 12.1 Å². The van der Waals surface area contributed by atoms with Crippen LogP contribution in [0.4, 0.5) is 0 Å². The fraction of sp³-hybridized carbons (Fsp3) is 0.300. The highest BCUT2D eigenvalue weighted by molar-refractivity contribution is 6.08. The van der Waals surface area contributed by atoms with Crippen molar-refractivity contribution in [2.24, 2.45) is 0 Å². The van der Waals surface area contributed by atoms with E-state index in [4.69, 9.17) is 4.74 Å². The largest absolute Gasteiger partial charge is 0.496 e. The lowest BCUT2D eigenvalue weighted by atomic mass is 9.84. The average Bonchev–Trinajstić information content (AvgIpc) is 2.60. The number of allylic oxidation sites excluding steroid dienone is 1. The van der Waals surface area contributed by atoms with Crippen molar-refractivity contribution >= 4 is 11.5 Å². The topological polar surface area (TPSA) is 71.5 Å². The highest BCUT2D eigenvalue weighted by Gasteiger charge is 2.29. The van der Waals surface area contributed by atoms with Gasteiger partial charge in [-0.25, -0.2) is 0 Å². The summed E-state index contributed by atoms with van der Waals surface area (Å²) in [6.45, 7) is 4.05. The van der Waals surface area contributed by atoms with Crippen molar-refractivity contribution in [2.75, 3.05) is 7.11 Å². The average molecular weight is 338 g/mol. The second-order valence-corrected chi connectivity index (χ2v) is 6.83. The molecular weight excluding hydrogens is 316 g/mol. The van der Waals surface area contributed by atoms with E-state index < -0.39 is 0 Å². The molecule has 0 saturated carbocycles. The predicted octanol–water partition coefficient (Wildman–Crippen LogP) is 2.73. The summed E-state index contributed by atoms with van der Waals surface area (Å²) in [7, 11) is 1.59. The molecule has 2 N–H and O–H groups in total. The molecule has 2 heterocycles. The van der Waals surface area contributed by atoms with Gasteiger partial charge in [0.25, 0.3) is 0 Å². The summed E-state index contributed by atoms with van der Waals surface area (Å²) in [5.74, 6) is 0.553. The molecule has 0 amide bonds. The maximum absolute atomic E-state index is 12.6. The summed E-state index contributed by atoms with van der Waals surface area (Å²) in [6.07, 6.45) is 5.59. The number of nitrogens with one attached hydrogen (secondary N) is 1. The Kier molecular flexibility index (Phi) is 4.59. The minimum Gasteiger partial charge on any atom is -0.496 e. The summed E-state index contributed by atoms with van der Waals surface area (Å²) in [5.41, 5.74) is 3.79. The van der Waals surface area contributed by atoms with Crippen molar-refractivity contribution < 1.29 is 14.6 Å². The number of hydrogen-bond donors (Lipinski definition) is 2. The summed E-state index contributed by atoms with van der Waals surface area (Å²) in [6, 6.07) is 7.33. The maximum atomic E-state index is 12.6. The first-order chi connectivity index (χ1) is 11.9. The monoisotopic (exact) mass is 338 g/mol. The quantitative estimate of drug-likeness (QED) is 0.662. The molecule has 2 aromatic rings. The van der Waals surface area contributed by atoms with Gasteiger partial charge in [0, 0.05) is 46.4 Å². The van der Waals surface area contributed by atoms with Crippen LogP contribution in [0.25, 0.3) is 5.70 Å². The van der Waals surface area contributed by atoms with Gasteiger partial charge < -0.3 is 15.2 Å². The summed E-state index contributed by atoms with van der Waals surface area (Å²) >= 11 is 0. The standard InChI is InChI=1S/C20H22N2O3/c1-20(2)10-14-8-19(25-3)15(12-23)7-16(14)17(22-20)9-18(24)13-5-4-6-21-11-13/h4-9,11,22-23H,10,12H2,1-3H3. The number of benzene rings is 1. The molecule has 0 unspecified atom stereocenters. The van der Waals surface area contributed by atoms with Gasteiger partial charge in [-0.2, -0.15) is 0 Å². The van der Waals surface area contributed by atoms with E-state index in [0.29, 0.717) is 16.9 Å². The van der Waals surface area contributed by atoms with Gasteiger partial charge in [-0.3, -0.25) is 9.78 Å².